The molecule has 0 amide bonds. The number of nitrogens with zero attached hydrogens (tertiary/aromatic N) is 1. The van der Waals surface area contributed by atoms with Gasteiger partial charge in [0.15, 0.2) is 5.96 Å². The Balaban J connectivity index is 1.53. The lowest BCUT2D eigenvalue weighted by atomic mass is 10.1. The smallest absolute Gasteiger partial charge is 0.191 e. The van der Waals surface area contributed by atoms with Crippen LogP contribution in [0, 0.1) is 5.82 Å². The third-order valence-electron chi connectivity index (χ3n) is 4.01. The molecule has 0 radical (unpaired) electrons. The molecule has 0 aliphatic heterocycles. The minimum absolute atomic E-state index is 0.133. The monoisotopic (exact) mass is 331 g/mol. The Bertz CT molecular complexity index is 700. The van der Waals surface area contributed by atoms with E-state index in [1.807, 2.05) is 36.4 Å². The van der Waals surface area contributed by atoms with E-state index in [-0.39, 0.29) is 17.8 Å². The fourth-order valence-corrected chi connectivity index (χ4v) is 2.76. The minimum Gasteiger partial charge on any atom is -0.353 e. The number of guanidine groups is 1. The number of nitrogens with one attached hydrogen (secondary N) is 2. The van der Waals surface area contributed by atoms with Crippen molar-refractivity contribution in [3.05, 3.63) is 70.5 Å². The Kier molecular flexibility index (Phi) is 4.82. The molecule has 2 aromatic carbocycles. The maximum Gasteiger partial charge on any atom is 0.191 e. The van der Waals surface area contributed by atoms with Gasteiger partial charge in [0.1, 0.15) is 5.82 Å². The van der Waals surface area contributed by atoms with Crippen LogP contribution in [0.2, 0.25) is 5.02 Å². The minimum atomic E-state index is -0.133. The topological polar surface area (TPSA) is 36.4 Å². The number of benzene rings is 2. The van der Waals surface area contributed by atoms with E-state index in [0.29, 0.717) is 6.54 Å². The molecule has 1 aliphatic carbocycles. The molecule has 2 N–H and O–H groups in total. The zero-order valence-electron chi connectivity index (χ0n) is 12.9. The lowest BCUT2D eigenvalue weighted by Crippen LogP contribution is -2.38. The second kappa shape index (κ2) is 7.01. The van der Waals surface area contributed by atoms with E-state index in [2.05, 4.69) is 15.6 Å². The molecule has 2 unspecified atom stereocenters. The molecule has 0 heterocycles. The number of hydrogen-bond donors (Lipinski definition) is 2. The van der Waals surface area contributed by atoms with Crippen molar-refractivity contribution >= 4 is 17.6 Å². The fraction of sp³-hybridized carbons (Fsp3) is 0.278. The Morgan fingerprint density at radius 2 is 1.96 bits per heavy atom. The molecule has 1 saturated carbocycles. The molecule has 1 fully saturated rings. The van der Waals surface area contributed by atoms with Gasteiger partial charge in [-0.05, 0) is 35.7 Å². The normalized spacial score (nSPS) is 20.2. The van der Waals surface area contributed by atoms with Crippen molar-refractivity contribution in [1.82, 2.24) is 10.6 Å². The van der Waals surface area contributed by atoms with Gasteiger partial charge in [0.05, 0.1) is 0 Å². The Labute approximate surface area is 140 Å². The van der Waals surface area contributed by atoms with Crippen LogP contribution < -0.4 is 10.6 Å². The fourth-order valence-electron chi connectivity index (χ4n) is 2.63. The molecule has 2 aromatic rings. The van der Waals surface area contributed by atoms with Crippen LogP contribution in [0.25, 0.3) is 0 Å². The Morgan fingerprint density at radius 3 is 2.65 bits per heavy atom. The van der Waals surface area contributed by atoms with E-state index in [1.165, 1.54) is 6.07 Å². The van der Waals surface area contributed by atoms with Gasteiger partial charge in [-0.3, -0.25) is 4.99 Å². The number of halogens is 2. The molecule has 3 rings (SSSR count). The third kappa shape index (κ3) is 4.02. The molecule has 3 nitrogen and oxygen atoms in total. The third-order valence-corrected chi connectivity index (χ3v) is 4.27. The van der Waals surface area contributed by atoms with Gasteiger partial charge < -0.3 is 10.6 Å². The van der Waals surface area contributed by atoms with E-state index in [0.717, 1.165) is 28.5 Å². The molecular formula is C18H19ClFN3. The lowest BCUT2D eigenvalue weighted by Gasteiger charge is -2.12. The largest absolute Gasteiger partial charge is 0.353 e. The predicted molar refractivity (Wildman–Crippen MR) is 92.3 cm³/mol. The van der Waals surface area contributed by atoms with Crippen LogP contribution in [-0.4, -0.2) is 19.0 Å². The SMILES string of the molecule is CN=C(NCc1ccc(Cl)cc1)NC1CC1c1ccccc1F. The molecule has 0 saturated heterocycles. The molecule has 120 valence electrons. The summed E-state index contributed by atoms with van der Waals surface area (Å²) in [4.78, 5) is 4.23. The molecule has 1 aliphatic rings. The zero-order chi connectivity index (χ0) is 16.2. The van der Waals surface area contributed by atoms with Crippen LogP contribution >= 0.6 is 11.6 Å². The van der Waals surface area contributed by atoms with Gasteiger partial charge in [0, 0.05) is 30.6 Å². The van der Waals surface area contributed by atoms with E-state index in [4.69, 9.17) is 11.6 Å². The summed E-state index contributed by atoms with van der Waals surface area (Å²) in [7, 11) is 1.73. The summed E-state index contributed by atoms with van der Waals surface area (Å²) < 4.78 is 13.8. The predicted octanol–water partition coefficient (Wildman–Crippen LogP) is 3.70. The molecule has 23 heavy (non-hydrogen) atoms. The highest BCUT2D eigenvalue weighted by Gasteiger charge is 2.40. The highest BCUT2D eigenvalue weighted by molar-refractivity contribution is 6.30. The number of rotatable bonds is 4. The van der Waals surface area contributed by atoms with Crippen molar-refractivity contribution in [3.8, 4) is 0 Å². The van der Waals surface area contributed by atoms with E-state index < -0.39 is 0 Å². The summed E-state index contributed by atoms with van der Waals surface area (Å²) in [5.74, 6) is 0.806. The molecule has 5 heteroatoms. The van der Waals surface area contributed by atoms with Gasteiger partial charge in [-0.15, -0.1) is 0 Å². The average Bonchev–Trinajstić information content (AvgIpc) is 3.32. The van der Waals surface area contributed by atoms with Crippen LogP contribution in [0.4, 0.5) is 4.39 Å². The summed E-state index contributed by atoms with van der Waals surface area (Å²) >= 11 is 5.88. The van der Waals surface area contributed by atoms with Crippen molar-refractivity contribution in [2.45, 2.75) is 24.9 Å². The maximum absolute atomic E-state index is 13.8. The van der Waals surface area contributed by atoms with Gasteiger partial charge in [-0.2, -0.15) is 0 Å². The Morgan fingerprint density at radius 1 is 1.22 bits per heavy atom. The average molecular weight is 332 g/mol. The highest BCUT2D eigenvalue weighted by atomic mass is 35.5. The second-order valence-corrected chi connectivity index (χ2v) is 6.10. The van der Waals surface area contributed by atoms with Crippen molar-refractivity contribution in [2.24, 2.45) is 4.99 Å². The first kappa shape index (κ1) is 15.8. The van der Waals surface area contributed by atoms with Crippen molar-refractivity contribution in [1.29, 1.82) is 0 Å². The summed E-state index contributed by atoms with van der Waals surface area (Å²) in [5, 5.41) is 7.33. The van der Waals surface area contributed by atoms with Crippen LogP contribution in [0.3, 0.4) is 0 Å². The van der Waals surface area contributed by atoms with Crippen molar-refractivity contribution in [3.63, 3.8) is 0 Å². The highest BCUT2D eigenvalue weighted by Crippen LogP contribution is 2.41. The number of hydrogen-bond acceptors (Lipinski definition) is 1. The molecule has 0 aromatic heterocycles. The molecule has 2 atom stereocenters. The van der Waals surface area contributed by atoms with Gasteiger partial charge in [0.2, 0.25) is 0 Å². The van der Waals surface area contributed by atoms with Gasteiger partial charge >= 0.3 is 0 Å². The second-order valence-electron chi connectivity index (χ2n) is 5.67. The Hall–Kier alpha value is -2.07. The van der Waals surface area contributed by atoms with Crippen LogP contribution in [0.1, 0.15) is 23.5 Å². The quantitative estimate of drug-likeness (QED) is 0.662. The summed E-state index contributed by atoms with van der Waals surface area (Å²) in [6.07, 6.45) is 0.919. The van der Waals surface area contributed by atoms with Crippen LogP contribution in [0.5, 0.6) is 0 Å². The molecular weight excluding hydrogens is 313 g/mol. The zero-order valence-corrected chi connectivity index (χ0v) is 13.6. The van der Waals surface area contributed by atoms with E-state index in [1.54, 1.807) is 13.1 Å². The van der Waals surface area contributed by atoms with E-state index in [9.17, 15) is 4.39 Å². The maximum atomic E-state index is 13.8. The molecule has 0 spiro atoms. The summed E-state index contributed by atoms with van der Waals surface area (Å²) in [6.45, 7) is 0.661. The van der Waals surface area contributed by atoms with Gasteiger partial charge in [-0.25, -0.2) is 4.39 Å². The van der Waals surface area contributed by atoms with Gasteiger partial charge in [0.25, 0.3) is 0 Å². The van der Waals surface area contributed by atoms with Crippen molar-refractivity contribution < 1.29 is 4.39 Å². The summed E-state index contributed by atoms with van der Waals surface area (Å²) in [5.41, 5.74) is 1.90. The summed E-state index contributed by atoms with van der Waals surface area (Å²) in [6, 6.07) is 14.9. The van der Waals surface area contributed by atoms with Crippen molar-refractivity contribution in [2.75, 3.05) is 7.05 Å². The van der Waals surface area contributed by atoms with Crippen LogP contribution in [0.15, 0.2) is 53.5 Å². The number of aliphatic imine (C=N–C) groups is 1. The first-order valence-corrected chi connectivity index (χ1v) is 8.01. The molecule has 0 bridgehead atoms. The first-order valence-electron chi connectivity index (χ1n) is 7.63. The standard InChI is InChI=1S/C18H19ClFN3/c1-21-18(22-11-12-6-8-13(19)9-7-12)23-17-10-15(17)14-4-2-3-5-16(14)20/h2-9,15,17H,10-11H2,1H3,(H2,21,22,23). The lowest BCUT2D eigenvalue weighted by molar-refractivity contribution is 0.607. The first-order chi connectivity index (χ1) is 11.2. The van der Waals surface area contributed by atoms with Gasteiger partial charge in [-0.1, -0.05) is 41.9 Å². The van der Waals surface area contributed by atoms with Crippen LogP contribution in [-0.2, 0) is 6.54 Å². The van der Waals surface area contributed by atoms with E-state index >= 15 is 0 Å².